The molecule has 1 amide bonds. The number of piperazine rings is 1. The molecule has 0 aliphatic carbocycles. The lowest BCUT2D eigenvalue weighted by molar-refractivity contribution is -0.117. The number of nitrogens with one attached hydrogen (secondary N) is 2. The minimum absolute atomic E-state index is 0.179. The molecule has 2 atom stereocenters. The fourth-order valence-electron chi connectivity index (χ4n) is 3.45. The van der Waals surface area contributed by atoms with Gasteiger partial charge in [-0.3, -0.25) is 9.59 Å². The third kappa shape index (κ3) is 1.91. The molecule has 122 valence electrons. The van der Waals surface area contributed by atoms with Gasteiger partial charge < -0.3 is 20.1 Å². The third-order valence-electron chi connectivity index (χ3n) is 4.67. The quantitative estimate of drug-likeness (QED) is 0.703. The Kier molecular flexibility index (Phi) is 3.08. The molecule has 2 aliphatic rings. The van der Waals surface area contributed by atoms with Gasteiger partial charge in [0.2, 0.25) is 5.91 Å². The fourth-order valence-corrected chi connectivity index (χ4v) is 3.45. The molecule has 4 rings (SSSR count). The standard InChI is InChI=1S/C16H16N6O2/c1-8-7-22-11(6-18-8)15(23)20-13-14(22)12-10(21(2)16(13)24)4-3-9(5-17)19-12/h3-4,8,11,18H,6-7H2,1-2H3,(H,20,23)/t8-,11-/m1/s1. The first-order chi connectivity index (χ1) is 11.5. The van der Waals surface area contributed by atoms with Crippen molar-refractivity contribution in [2.24, 2.45) is 7.05 Å². The zero-order chi connectivity index (χ0) is 17.0. The molecule has 0 unspecified atom stereocenters. The van der Waals surface area contributed by atoms with Gasteiger partial charge in [0.15, 0.2) is 0 Å². The van der Waals surface area contributed by atoms with Gasteiger partial charge in [-0.05, 0) is 19.1 Å². The molecule has 0 bridgehead atoms. The zero-order valence-electron chi connectivity index (χ0n) is 13.3. The summed E-state index contributed by atoms with van der Waals surface area (Å²) in [6.45, 7) is 3.12. The molecule has 24 heavy (non-hydrogen) atoms. The molecule has 1 fully saturated rings. The Bertz CT molecular complexity index is 973. The molecule has 2 aromatic rings. The Hall–Kier alpha value is -2.92. The van der Waals surface area contributed by atoms with E-state index in [1.807, 2.05) is 17.9 Å². The van der Waals surface area contributed by atoms with Crippen LogP contribution in [-0.4, -0.2) is 40.6 Å². The van der Waals surface area contributed by atoms with Crippen molar-refractivity contribution in [3.05, 3.63) is 28.2 Å². The SMILES string of the molecule is C[C@@H]1CN2c3c(c(=O)n(C)c4ccc(C#N)nc34)NC(=O)[C@H]2CN1. The number of nitriles is 1. The van der Waals surface area contributed by atoms with E-state index in [9.17, 15) is 9.59 Å². The van der Waals surface area contributed by atoms with Crippen molar-refractivity contribution in [1.29, 1.82) is 5.26 Å². The van der Waals surface area contributed by atoms with Crippen LogP contribution >= 0.6 is 0 Å². The van der Waals surface area contributed by atoms with E-state index in [-0.39, 0.29) is 28.9 Å². The molecule has 0 radical (unpaired) electrons. The normalized spacial score (nSPS) is 22.5. The fraction of sp³-hybridized carbons (Fsp3) is 0.375. The predicted molar refractivity (Wildman–Crippen MR) is 88.9 cm³/mol. The molecule has 8 nitrogen and oxygen atoms in total. The Balaban J connectivity index is 2.08. The van der Waals surface area contributed by atoms with E-state index in [4.69, 9.17) is 5.26 Å². The average molecular weight is 324 g/mol. The monoisotopic (exact) mass is 324 g/mol. The van der Waals surface area contributed by atoms with Gasteiger partial charge in [0.25, 0.3) is 5.56 Å². The van der Waals surface area contributed by atoms with Crippen molar-refractivity contribution in [1.82, 2.24) is 14.9 Å². The van der Waals surface area contributed by atoms with Crippen LogP contribution in [0, 0.1) is 11.3 Å². The van der Waals surface area contributed by atoms with Gasteiger partial charge in [-0.1, -0.05) is 0 Å². The third-order valence-corrected chi connectivity index (χ3v) is 4.67. The summed E-state index contributed by atoms with van der Waals surface area (Å²) < 4.78 is 1.45. The van der Waals surface area contributed by atoms with Crippen molar-refractivity contribution in [3.63, 3.8) is 0 Å². The Labute approximate surface area is 137 Å². The Morgan fingerprint density at radius 3 is 2.92 bits per heavy atom. The van der Waals surface area contributed by atoms with Crippen LogP contribution in [0.1, 0.15) is 12.6 Å². The van der Waals surface area contributed by atoms with Crippen molar-refractivity contribution in [2.45, 2.75) is 19.0 Å². The van der Waals surface area contributed by atoms with E-state index in [2.05, 4.69) is 15.6 Å². The number of hydrogen-bond donors (Lipinski definition) is 2. The molecule has 0 saturated carbocycles. The van der Waals surface area contributed by atoms with E-state index in [1.165, 1.54) is 4.57 Å². The summed E-state index contributed by atoms with van der Waals surface area (Å²) in [4.78, 5) is 31.5. The van der Waals surface area contributed by atoms with Crippen LogP contribution in [0.4, 0.5) is 11.4 Å². The molecular formula is C16H16N6O2. The largest absolute Gasteiger partial charge is 0.353 e. The lowest BCUT2D eigenvalue weighted by Gasteiger charge is -2.43. The number of hydrogen-bond acceptors (Lipinski definition) is 6. The number of pyridine rings is 2. The summed E-state index contributed by atoms with van der Waals surface area (Å²) in [5.41, 5.74) is 2.05. The van der Waals surface area contributed by atoms with Crippen LogP contribution in [0.3, 0.4) is 0 Å². The van der Waals surface area contributed by atoms with E-state index < -0.39 is 6.04 Å². The van der Waals surface area contributed by atoms with E-state index in [0.717, 1.165) is 0 Å². The second kappa shape index (κ2) is 5.04. The summed E-state index contributed by atoms with van der Waals surface area (Å²) >= 11 is 0. The summed E-state index contributed by atoms with van der Waals surface area (Å²) in [5.74, 6) is -0.199. The van der Waals surface area contributed by atoms with Crippen LogP contribution < -0.4 is 21.1 Å². The van der Waals surface area contributed by atoms with Gasteiger partial charge in [0.1, 0.15) is 29.0 Å². The number of aryl methyl sites for hydroxylation is 1. The molecule has 0 aromatic carbocycles. The maximum Gasteiger partial charge on any atom is 0.276 e. The first-order valence-electron chi connectivity index (χ1n) is 7.76. The summed E-state index contributed by atoms with van der Waals surface area (Å²) in [6, 6.07) is 5.13. The number of nitrogens with zero attached hydrogens (tertiary/aromatic N) is 4. The highest BCUT2D eigenvalue weighted by molar-refractivity contribution is 6.09. The first-order valence-corrected chi connectivity index (χ1v) is 7.76. The maximum absolute atomic E-state index is 12.7. The minimum atomic E-state index is -0.392. The number of carbonyl (C=O) groups is 1. The highest BCUT2D eigenvalue weighted by Crippen LogP contribution is 2.36. The highest BCUT2D eigenvalue weighted by Gasteiger charge is 2.39. The molecule has 2 aliphatic heterocycles. The van der Waals surface area contributed by atoms with Crippen LogP contribution in [0.25, 0.3) is 11.0 Å². The van der Waals surface area contributed by atoms with E-state index in [0.29, 0.717) is 29.8 Å². The van der Waals surface area contributed by atoms with Crippen LogP contribution in [-0.2, 0) is 11.8 Å². The maximum atomic E-state index is 12.7. The number of fused-ring (bicyclic) bond motifs is 5. The Morgan fingerprint density at radius 2 is 2.17 bits per heavy atom. The minimum Gasteiger partial charge on any atom is -0.353 e. The van der Waals surface area contributed by atoms with Crippen LogP contribution in [0.15, 0.2) is 16.9 Å². The van der Waals surface area contributed by atoms with Gasteiger partial charge in [-0.25, -0.2) is 4.98 Å². The predicted octanol–water partition coefficient (Wildman–Crippen LogP) is -0.0760. The van der Waals surface area contributed by atoms with Crippen molar-refractivity contribution < 1.29 is 4.79 Å². The number of anilines is 2. The summed E-state index contributed by atoms with van der Waals surface area (Å²) in [5, 5.41) is 15.2. The second-order valence-corrected chi connectivity index (χ2v) is 6.23. The zero-order valence-corrected chi connectivity index (χ0v) is 13.3. The molecular weight excluding hydrogens is 308 g/mol. The lowest BCUT2D eigenvalue weighted by atomic mass is 10.0. The summed E-state index contributed by atoms with van der Waals surface area (Å²) in [6.07, 6.45) is 0. The van der Waals surface area contributed by atoms with Gasteiger partial charge >= 0.3 is 0 Å². The van der Waals surface area contributed by atoms with Gasteiger partial charge in [0.05, 0.1) is 11.2 Å². The average Bonchev–Trinajstić information content (AvgIpc) is 2.58. The molecule has 8 heteroatoms. The summed E-state index contributed by atoms with van der Waals surface area (Å²) in [7, 11) is 1.64. The van der Waals surface area contributed by atoms with Crippen LogP contribution in [0.5, 0.6) is 0 Å². The van der Waals surface area contributed by atoms with Gasteiger partial charge in [-0.15, -0.1) is 0 Å². The number of carbonyl (C=O) groups excluding carboxylic acids is 1. The van der Waals surface area contributed by atoms with Crippen molar-refractivity contribution >= 4 is 28.3 Å². The molecule has 2 aromatic heterocycles. The number of amides is 1. The molecule has 4 heterocycles. The number of aromatic nitrogens is 2. The van der Waals surface area contributed by atoms with E-state index in [1.54, 1.807) is 19.2 Å². The Morgan fingerprint density at radius 1 is 1.38 bits per heavy atom. The number of rotatable bonds is 0. The highest BCUT2D eigenvalue weighted by atomic mass is 16.2. The molecule has 0 spiro atoms. The van der Waals surface area contributed by atoms with Crippen molar-refractivity contribution in [3.8, 4) is 6.07 Å². The van der Waals surface area contributed by atoms with Gasteiger partial charge in [-0.2, -0.15) is 5.26 Å². The molecule has 1 saturated heterocycles. The first kappa shape index (κ1) is 14.7. The van der Waals surface area contributed by atoms with Crippen molar-refractivity contribution in [2.75, 3.05) is 23.3 Å². The van der Waals surface area contributed by atoms with E-state index >= 15 is 0 Å². The van der Waals surface area contributed by atoms with Crippen LogP contribution in [0.2, 0.25) is 0 Å². The lowest BCUT2D eigenvalue weighted by Crippen LogP contribution is -2.62. The topological polar surface area (TPSA) is 103 Å². The van der Waals surface area contributed by atoms with Gasteiger partial charge in [0, 0.05) is 26.2 Å². The second-order valence-electron chi connectivity index (χ2n) is 6.23. The molecule has 2 N–H and O–H groups in total. The smallest absolute Gasteiger partial charge is 0.276 e.